The molecule has 2 aromatic rings. The average Bonchev–Trinajstić information content (AvgIpc) is 3.05. The van der Waals surface area contributed by atoms with Crippen LogP contribution in [0.3, 0.4) is 0 Å². The monoisotopic (exact) mass is 429 g/mol. The van der Waals surface area contributed by atoms with Gasteiger partial charge in [0, 0.05) is 26.3 Å². The maximum atomic E-state index is 5.18. The molecule has 0 aliphatic rings. The molecule has 0 radical (unpaired) electrons. The maximum Gasteiger partial charge on any atom is 0.194 e. The number of H-pyrrole nitrogens is 1. The molecule has 0 fully saturated rings. The van der Waals surface area contributed by atoms with Gasteiger partial charge in [0.2, 0.25) is 0 Å². The summed E-state index contributed by atoms with van der Waals surface area (Å²) in [7, 11) is 3.70. The molecule has 0 aliphatic carbocycles. The van der Waals surface area contributed by atoms with Gasteiger partial charge in [-0.3, -0.25) is 5.10 Å². The van der Waals surface area contributed by atoms with Gasteiger partial charge in [-0.2, -0.15) is 5.10 Å². The van der Waals surface area contributed by atoms with Crippen LogP contribution >= 0.6 is 24.0 Å². The predicted molar refractivity (Wildman–Crippen MR) is 103 cm³/mol. The van der Waals surface area contributed by atoms with Crippen molar-refractivity contribution >= 4 is 29.9 Å². The first-order valence-corrected chi connectivity index (χ1v) is 7.33. The summed E-state index contributed by atoms with van der Waals surface area (Å²) in [4.78, 5) is 6.72. The quantitative estimate of drug-likeness (QED) is 0.421. The Morgan fingerprint density at radius 3 is 2.61 bits per heavy atom. The number of aromatic nitrogens is 2. The van der Waals surface area contributed by atoms with Gasteiger partial charge in [0.1, 0.15) is 5.75 Å². The van der Waals surface area contributed by atoms with Crippen LogP contribution in [0.2, 0.25) is 0 Å². The average molecular weight is 429 g/mol. The molecular weight excluding hydrogens is 405 g/mol. The van der Waals surface area contributed by atoms with E-state index in [1.165, 1.54) is 5.56 Å². The minimum absolute atomic E-state index is 0. The Morgan fingerprint density at radius 1 is 1.30 bits per heavy atom. The number of rotatable bonds is 6. The fourth-order valence-corrected chi connectivity index (χ4v) is 2.08. The van der Waals surface area contributed by atoms with Crippen LogP contribution in [0, 0.1) is 0 Å². The number of guanidine groups is 1. The Balaban J connectivity index is 0.00000264. The molecule has 0 unspecified atom stereocenters. The highest BCUT2D eigenvalue weighted by Crippen LogP contribution is 2.12. The van der Waals surface area contributed by atoms with E-state index in [0.717, 1.165) is 30.5 Å². The minimum atomic E-state index is 0. The number of aromatic amines is 1. The molecule has 0 bridgehead atoms. The van der Waals surface area contributed by atoms with Gasteiger partial charge in [-0.25, -0.2) is 4.99 Å². The lowest BCUT2D eigenvalue weighted by Crippen LogP contribution is -2.38. The van der Waals surface area contributed by atoms with E-state index in [-0.39, 0.29) is 24.0 Å². The number of aliphatic imine (C=N–C) groups is 1. The first-order valence-electron chi connectivity index (χ1n) is 7.33. The highest BCUT2D eigenvalue weighted by atomic mass is 127. The first kappa shape index (κ1) is 19.3. The van der Waals surface area contributed by atoms with Crippen molar-refractivity contribution < 1.29 is 4.74 Å². The van der Waals surface area contributed by atoms with Crippen molar-refractivity contribution in [2.24, 2.45) is 4.99 Å². The zero-order valence-corrected chi connectivity index (χ0v) is 16.1. The molecule has 1 aromatic heterocycles. The number of halogens is 1. The van der Waals surface area contributed by atoms with E-state index >= 15 is 0 Å². The van der Waals surface area contributed by atoms with Crippen molar-refractivity contribution in [2.75, 3.05) is 20.7 Å². The topological polar surface area (TPSA) is 65.5 Å². The van der Waals surface area contributed by atoms with Crippen LogP contribution in [0.1, 0.15) is 18.2 Å². The van der Waals surface area contributed by atoms with E-state index in [1.54, 1.807) is 13.3 Å². The number of ether oxygens (including phenoxy) is 1. The van der Waals surface area contributed by atoms with Crippen LogP contribution in [0.4, 0.5) is 0 Å². The van der Waals surface area contributed by atoms with Gasteiger partial charge < -0.3 is 15.0 Å². The summed E-state index contributed by atoms with van der Waals surface area (Å²) in [5.74, 6) is 1.74. The first-order chi connectivity index (χ1) is 10.7. The summed E-state index contributed by atoms with van der Waals surface area (Å²) in [6, 6.07) is 9.99. The third-order valence-corrected chi connectivity index (χ3v) is 3.23. The van der Waals surface area contributed by atoms with E-state index in [0.29, 0.717) is 6.54 Å². The lowest BCUT2D eigenvalue weighted by molar-refractivity contribution is 0.414. The van der Waals surface area contributed by atoms with Gasteiger partial charge in [-0.15, -0.1) is 24.0 Å². The normalized spacial score (nSPS) is 10.8. The Morgan fingerprint density at radius 2 is 2.04 bits per heavy atom. The molecule has 0 saturated carbocycles. The number of hydrogen-bond donors (Lipinski definition) is 2. The number of methoxy groups -OCH3 is 1. The molecule has 1 aromatic carbocycles. The summed E-state index contributed by atoms with van der Waals surface area (Å²) in [6.07, 6.45) is 1.73. The molecule has 0 spiro atoms. The molecular formula is C16H24IN5O. The molecule has 2 N–H and O–H groups in total. The van der Waals surface area contributed by atoms with Crippen molar-refractivity contribution in [2.45, 2.75) is 20.0 Å². The van der Waals surface area contributed by atoms with Crippen LogP contribution in [-0.2, 0) is 13.1 Å². The second kappa shape index (κ2) is 10.1. The van der Waals surface area contributed by atoms with Crippen molar-refractivity contribution in [3.63, 3.8) is 0 Å². The fraction of sp³-hybridized carbons (Fsp3) is 0.375. The zero-order chi connectivity index (χ0) is 15.8. The molecule has 0 amide bonds. The van der Waals surface area contributed by atoms with Gasteiger partial charge in [-0.1, -0.05) is 12.1 Å². The molecule has 0 aliphatic heterocycles. The summed E-state index contributed by atoms with van der Waals surface area (Å²) >= 11 is 0. The second-order valence-corrected chi connectivity index (χ2v) is 4.96. The Hall–Kier alpha value is -1.77. The highest BCUT2D eigenvalue weighted by Gasteiger charge is 2.07. The van der Waals surface area contributed by atoms with Gasteiger partial charge in [0.05, 0.1) is 19.3 Å². The van der Waals surface area contributed by atoms with Crippen molar-refractivity contribution in [3.05, 3.63) is 47.8 Å². The van der Waals surface area contributed by atoms with Crippen molar-refractivity contribution in [1.29, 1.82) is 0 Å². The Kier molecular flexibility index (Phi) is 8.46. The van der Waals surface area contributed by atoms with Crippen LogP contribution in [0.25, 0.3) is 0 Å². The summed E-state index contributed by atoms with van der Waals surface area (Å²) in [5.41, 5.74) is 2.20. The Labute approximate surface area is 154 Å². The van der Waals surface area contributed by atoms with Gasteiger partial charge in [0.25, 0.3) is 0 Å². The summed E-state index contributed by atoms with van der Waals surface area (Å²) in [5, 5.41) is 10.2. The van der Waals surface area contributed by atoms with E-state index in [2.05, 4.69) is 44.5 Å². The number of nitrogens with zero attached hydrogens (tertiary/aromatic N) is 3. The minimum Gasteiger partial charge on any atom is -0.497 e. The molecule has 23 heavy (non-hydrogen) atoms. The number of benzene rings is 1. The van der Waals surface area contributed by atoms with Gasteiger partial charge in [-0.05, 0) is 30.7 Å². The number of hydrogen-bond acceptors (Lipinski definition) is 3. The Bertz CT molecular complexity index is 583. The molecule has 2 rings (SSSR count). The van der Waals surface area contributed by atoms with Gasteiger partial charge in [0.15, 0.2) is 5.96 Å². The molecule has 126 valence electrons. The zero-order valence-electron chi connectivity index (χ0n) is 13.7. The molecule has 0 atom stereocenters. The number of nitrogens with one attached hydrogen (secondary N) is 2. The third-order valence-electron chi connectivity index (χ3n) is 3.23. The largest absolute Gasteiger partial charge is 0.497 e. The summed E-state index contributed by atoms with van der Waals surface area (Å²) < 4.78 is 5.18. The smallest absolute Gasteiger partial charge is 0.194 e. The van der Waals surface area contributed by atoms with E-state index in [4.69, 9.17) is 4.74 Å². The van der Waals surface area contributed by atoms with Crippen LogP contribution < -0.4 is 10.1 Å². The lowest BCUT2D eigenvalue weighted by Gasteiger charge is -2.22. The van der Waals surface area contributed by atoms with E-state index in [1.807, 2.05) is 25.2 Å². The molecule has 6 nitrogen and oxygen atoms in total. The molecule has 0 saturated heterocycles. The van der Waals surface area contributed by atoms with E-state index in [9.17, 15) is 0 Å². The van der Waals surface area contributed by atoms with E-state index < -0.39 is 0 Å². The van der Waals surface area contributed by atoms with Crippen molar-refractivity contribution in [1.82, 2.24) is 20.4 Å². The highest BCUT2D eigenvalue weighted by molar-refractivity contribution is 14.0. The van der Waals surface area contributed by atoms with Gasteiger partial charge >= 0.3 is 0 Å². The molecule has 7 heteroatoms. The maximum absolute atomic E-state index is 5.18. The van der Waals surface area contributed by atoms with Crippen LogP contribution in [-0.4, -0.2) is 41.8 Å². The lowest BCUT2D eigenvalue weighted by atomic mass is 10.2. The SMILES string of the molecule is CCNC(=NCc1ccn[nH]1)N(C)Cc1ccc(OC)cc1.I. The standard InChI is InChI=1S/C16H23N5O.HI/c1-4-17-16(18-11-14-9-10-19-20-14)21(2)12-13-5-7-15(22-3)8-6-13;/h5-10H,4,11-12H2,1-3H3,(H,17,18)(H,19,20);1H. The van der Waals surface area contributed by atoms with Crippen LogP contribution in [0.5, 0.6) is 5.75 Å². The fourth-order valence-electron chi connectivity index (χ4n) is 2.08. The van der Waals surface area contributed by atoms with Crippen LogP contribution in [0.15, 0.2) is 41.5 Å². The second-order valence-electron chi connectivity index (χ2n) is 4.96. The third kappa shape index (κ3) is 6.09. The molecule has 1 heterocycles. The predicted octanol–water partition coefficient (Wildman–Crippen LogP) is 2.63. The summed E-state index contributed by atoms with van der Waals surface area (Å²) in [6.45, 7) is 4.25. The van der Waals surface area contributed by atoms with Crippen molar-refractivity contribution in [3.8, 4) is 5.75 Å².